The molecule has 3 heteroatoms. The molecular formula is C17H13BrFN. The van der Waals surface area contributed by atoms with Gasteiger partial charge >= 0.3 is 0 Å². The molecule has 1 nitrogen and oxygen atoms in total. The highest BCUT2D eigenvalue weighted by Gasteiger charge is 2.01. The monoisotopic (exact) mass is 329 g/mol. The second-order valence-corrected chi connectivity index (χ2v) is 5.52. The Hall–Kier alpha value is -1.87. The molecule has 0 aliphatic rings. The van der Waals surface area contributed by atoms with Crippen LogP contribution in [0, 0.1) is 5.82 Å². The van der Waals surface area contributed by atoms with Gasteiger partial charge in [0.2, 0.25) is 0 Å². The van der Waals surface area contributed by atoms with Crippen LogP contribution in [0.25, 0.3) is 10.8 Å². The van der Waals surface area contributed by atoms with Gasteiger partial charge in [0.25, 0.3) is 0 Å². The molecule has 3 rings (SSSR count). The Morgan fingerprint density at radius 2 is 1.70 bits per heavy atom. The molecule has 0 heterocycles. The number of benzene rings is 3. The van der Waals surface area contributed by atoms with Gasteiger partial charge in [-0.2, -0.15) is 0 Å². The van der Waals surface area contributed by atoms with Gasteiger partial charge in [-0.3, -0.25) is 0 Å². The third-order valence-corrected chi connectivity index (χ3v) is 3.84. The van der Waals surface area contributed by atoms with Crippen LogP contribution in [0.3, 0.4) is 0 Å². The lowest BCUT2D eigenvalue weighted by Crippen LogP contribution is -1.99. The number of halogens is 2. The topological polar surface area (TPSA) is 12.0 Å². The summed E-state index contributed by atoms with van der Waals surface area (Å²) in [4.78, 5) is 0. The minimum atomic E-state index is -0.249. The lowest BCUT2D eigenvalue weighted by Gasteiger charge is -2.08. The van der Waals surface area contributed by atoms with Crippen molar-refractivity contribution in [1.82, 2.24) is 0 Å². The van der Waals surface area contributed by atoms with E-state index < -0.39 is 0 Å². The predicted octanol–water partition coefficient (Wildman–Crippen LogP) is 5.35. The summed E-state index contributed by atoms with van der Waals surface area (Å²) in [6, 6.07) is 19.6. The molecule has 0 spiro atoms. The van der Waals surface area contributed by atoms with Crippen molar-refractivity contribution in [3.63, 3.8) is 0 Å². The first kappa shape index (κ1) is 13.1. The smallest absolute Gasteiger partial charge is 0.137 e. The molecule has 0 unspecified atom stereocenters. The van der Waals surface area contributed by atoms with E-state index in [1.165, 1.54) is 22.4 Å². The van der Waals surface area contributed by atoms with Gasteiger partial charge < -0.3 is 5.32 Å². The number of rotatable bonds is 3. The van der Waals surface area contributed by atoms with E-state index in [0.717, 1.165) is 5.69 Å². The van der Waals surface area contributed by atoms with Crippen LogP contribution < -0.4 is 5.32 Å². The first-order chi connectivity index (χ1) is 9.72. The molecule has 0 aromatic heterocycles. The van der Waals surface area contributed by atoms with Crippen molar-refractivity contribution in [3.8, 4) is 0 Å². The first-order valence-electron chi connectivity index (χ1n) is 6.39. The molecule has 0 fully saturated rings. The minimum absolute atomic E-state index is 0.249. The number of nitrogens with one attached hydrogen (secondary N) is 1. The highest BCUT2D eigenvalue weighted by atomic mass is 79.9. The van der Waals surface area contributed by atoms with Crippen molar-refractivity contribution in [2.45, 2.75) is 6.54 Å². The average molecular weight is 330 g/mol. The van der Waals surface area contributed by atoms with Crippen molar-refractivity contribution >= 4 is 32.4 Å². The summed E-state index contributed by atoms with van der Waals surface area (Å²) in [7, 11) is 0. The second-order valence-electron chi connectivity index (χ2n) is 4.66. The van der Waals surface area contributed by atoms with E-state index in [0.29, 0.717) is 11.0 Å². The number of hydrogen-bond donors (Lipinski definition) is 1. The Kier molecular flexibility index (Phi) is 3.70. The van der Waals surface area contributed by atoms with Crippen molar-refractivity contribution in [2.24, 2.45) is 0 Å². The summed E-state index contributed by atoms with van der Waals surface area (Å²) in [5, 5.41) is 5.76. The maximum Gasteiger partial charge on any atom is 0.137 e. The van der Waals surface area contributed by atoms with Crippen LogP contribution in [0.15, 0.2) is 65.1 Å². The highest BCUT2D eigenvalue weighted by Crippen LogP contribution is 2.21. The first-order valence-corrected chi connectivity index (χ1v) is 7.18. The molecular weight excluding hydrogens is 317 g/mol. The van der Waals surface area contributed by atoms with Crippen LogP contribution >= 0.6 is 15.9 Å². The summed E-state index contributed by atoms with van der Waals surface area (Å²) < 4.78 is 13.6. The van der Waals surface area contributed by atoms with E-state index in [1.807, 2.05) is 12.1 Å². The number of anilines is 1. The van der Waals surface area contributed by atoms with Gasteiger partial charge in [0.05, 0.1) is 4.47 Å². The summed E-state index contributed by atoms with van der Waals surface area (Å²) in [6.07, 6.45) is 0. The Balaban J connectivity index is 1.77. The lowest BCUT2D eigenvalue weighted by molar-refractivity contribution is 0.621. The zero-order valence-corrected chi connectivity index (χ0v) is 12.3. The van der Waals surface area contributed by atoms with Crippen LogP contribution in [-0.4, -0.2) is 0 Å². The van der Waals surface area contributed by atoms with Gasteiger partial charge in [-0.15, -0.1) is 0 Å². The molecule has 0 aliphatic heterocycles. The molecule has 0 aliphatic carbocycles. The maximum absolute atomic E-state index is 13.2. The molecule has 20 heavy (non-hydrogen) atoms. The molecule has 0 saturated heterocycles. The number of hydrogen-bond acceptors (Lipinski definition) is 1. The Morgan fingerprint density at radius 3 is 2.50 bits per heavy atom. The van der Waals surface area contributed by atoms with Gasteiger partial charge in [0.15, 0.2) is 0 Å². The normalized spacial score (nSPS) is 10.7. The Bertz CT molecular complexity index is 755. The van der Waals surface area contributed by atoms with Crippen LogP contribution in [-0.2, 0) is 6.54 Å². The summed E-state index contributed by atoms with van der Waals surface area (Å²) in [6.45, 7) is 0.711. The van der Waals surface area contributed by atoms with Gasteiger partial charge in [-0.05, 0) is 56.5 Å². The second kappa shape index (κ2) is 5.63. The zero-order valence-electron chi connectivity index (χ0n) is 10.7. The molecule has 0 bridgehead atoms. The molecule has 100 valence electrons. The molecule has 0 amide bonds. The fraction of sp³-hybridized carbons (Fsp3) is 0.0588. The third-order valence-electron chi connectivity index (χ3n) is 3.23. The van der Waals surface area contributed by atoms with E-state index in [2.05, 4.69) is 51.6 Å². The summed E-state index contributed by atoms with van der Waals surface area (Å²) in [5.41, 5.74) is 2.09. The van der Waals surface area contributed by atoms with Crippen LogP contribution in [0.2, 0.25) is 0 Å². The van der Waals surface area contributed by atoms with E-state index in [-0.39, 0.29) is 5.82 Å². The molecule has 0 atom stereocenters. The molecule has 3 aromatic rings. The summed E-state index contributed by atoms with van der Waals surface area (Å²) in [5.74, 6) is -0.249. The minimum Gasteiger partial charge on any atom is -0.381 e. The van der Waals surface area contributed by atoms with E-state index >= 15 is 0 Å². The van der Waals surface area contributed by atoms with Crippen molar-refractivity contribution in [1.29, 1.82) is 0 Å². The van der Waals surface area contributed by atoms with Gasteiger partial charge in [-0.25, -0.2) is 4.39 Å². The SMILES string of the molecule is Fc1ccc(NCc2ccc3ccccc3c2)cc1Br. The summed E-state index contributed by atoms with van der Waals surface area (Å²) >= 11 is 3.19. The zero-order chi connectivity index (χ0) is 13.9. The number of fused-ring (bicyclic) bond motifs is 1. The van der Waals surface area contributed by atoms with Crippen molar-refractivity contribution in [3.05, 3.63) is 76.5 Å². The van der Waals surface area contributed by atoms with E-state index in [1.54, 1.807) is 12.1 Å². The average Bonchev–Trinajstić information content (AvgIpc) is 2.48. The standard InChI is InChI=1S/C17H13BrFN/c18-16-10-15(7-8-17(16)19)20-11-12-5-6-13-3-1-2-4-14(13)9-12/h1-10,20H,11H2. The van der Waals surface area contributed by atoms with Crippen LogP contribution in [0.4, 0.5) is 10.1 Å². The van der Waals surface area contributed by atoms with E-state index in [9.17, 15) is 4.39 Å². The maximum atomic E-state index is 13.2. The highest BCUT2D eigenvalue weighted by molar-refractivity contribution is 9.10. The van der Waals surface area contributed by atoms with Crippen LogP contribution in [0.5, 0.6) is 0 Å². The van der Waals surface area contributed by atoms with Gasteiger partial charge in [-0.1, -0.05) is 36.4 Å². The molecule has 3 aromatic carbocycles. The van der Waals surface area contributed by atoms with E-state index in [4.69, 9.17) is 0 Å². The Morgan fingerprint density at radius 1 is 0.900 bits per heavy atom. The lowest BCUT2D eigenvalue weighted by atomic mass is 10.1. The van der Waals surface area contributed by atoms with Gasteiger partial charge in [0.1, 0.15) is 5.82 Å². The molecule has 0 saturated carbocycles. The fourth-order valence-electron chi connectivity index (χ4n) is 2.16. The Labute approximate surface area is 125 Å². The van der Waals surface area contributed by atoms with Gasteiger partial charge in [0, 0.05) is 12.2 Å². The van der Waals surface area contributed by atoms with Crippen molar-refractivity contribution in [2.75, 3.05) is 5.32 Å². The fourth-order valence-corrected chi connectivity index (χ4v) is 2.54. The third kappa shape index (κ3) is 2.83. The molecule has 1 N–H and O–H groups in total. The molecule has 0 radical (unpaired) electrons. The largest absolute Gasteiger partial charge is 0.381 e. The predicted molar refractivity (Wildman–Crippen MR) is 85.4 cm³/mol. The van der Waals surface area contributed by atoms with Crippen LogP contribution in [0.1, 0.15) is 5.56 Å². The quantitative estimate of drug-likeness (QED) is 0.682. The van der Waals surface area contributed by atoms with Crippen molar-refractivity contribution < 1.29 is 4.39 Å².